The summed E-state index contributed by atoms with van der Waals surface area (Å²) in [6.45, 7) is 5.87. The minimum Gasteiger partial charge on any atom is -0.368 e. The third-order valence-electron chi connectivity index (χ3n) is 6.75. The second-order valence-electron chi connectivity index (χ2n) is 9.23. The van der Waals surface area contributed by atoms with Crippen molar-refractivity contribution in [2.75, 3.05) is 42.3 Å². The predicted octanol–water partition coefficient (Wildman–Crippen LogP) is 4.08. The van der Waals surface area contributed by atoms with Crippen molar-refractivity contribution in [2.24, 2.45) is 0 Å². The van der Waals surface area contributed by atoms with E-state index in [0.717, 1.165) is 38.3 Å². The highest BCUT2D eigenvalue weighted by Gasteiger charge is 2.22. The summed E-state index contributed by atoms with van der Waals surface area (Å²) in [7, 11) is -3.76. The largest absolute Gasteiger partial charge is 0.368 e. The number of piperazine rings is 1. The summed E-state index contributed by atoms with van der Waals surface area (Å²) in [5.41, 5.74) is 2.92. The highest BCUT2D eigenvalue weighted by atomic mass is 32.2. The van der Waals surface area contributed by atoms with Gasteiger partial charge in [0, 0.05) is 44.1 Å². The summed E-state index contributed by atoms with van der Waals surface area (Å²) < 4.78 is 28.9. The average molecular weight is 485 g/mol. The van der Waals surface area contributed by atoms with Gasteiger partial charge in [-0.2, -0.15) is 0 Å². The van der Waals surface area contributed by atoms with Crippen LogP contribution in [-0.4, -0.2) is 47.0 Å². The molecule has 184 valence electrons. The lowest BCUT2D eigenvalue weighted by molar-refractivity contribution is 0.0954. The molecule has 7 nitrogen and oxygen atoms in total. The Morgan fingerprint density at radius 3 is 2.41 bits per heavy atom. The molecule has 1 saturated carbocycles. The molecule has 2 aliphatic rings. The number of amides is 1. The van der Waals surface area contributed by atoms with E-state index in [1.54, 1.807) is 24.3 Å². The quantitative estimate of drug-likeness (QED) is 0.525. The Hall–Kier alpha value is -2.58. The van der Waals surface area contributed by atoms with Crippen molar-refractivity contribution in [3.05, 3.63) is 53.6 Å². The molecule has 1 heterocycles. The van der Waals surface area contributed by atoms with Crippen molar-refractivity contribution in [3.8, 4) is 0 Å². The number of hydrogen-bond acceptors (Lipinski definition) is 5. The number of anilines is 2. The van der Waals surface area contributed by atoms with Gasteiger partial charge in [0.05, 0.1) is 10.5 Å². The van der Waals surface area contributed by atoms with E-state index in [9.17, 15) is 13.2 Å². The minimum atomic E-state index is -3.76. The van der Waals surface area contributed by atoms with Crippen molar-refractivity contribution in [1.82, 2.24) is 10.6 Å². The summed E-state index contributed by atoms with van der Waals surface area (Å²) in [6.07, 6.45) is 6.95. The lowest BCUT2D eigenvalue weighted by Crippen LogP contribution is -2.44. The van der Waals surface area contributed by atoms with Crippen LogP contribution in [0.1, 0.15) is 67.3 Å². The fourth-order valence-corrected chi connectivity index (χ4v) is 5.92. The molecule has 0 bridgehead atoms. The van der Waals surface area contributed by atoms with Gasteiger partial charge in [0.2, 0.25) is 0 Å². The van der Waals surface area contributed by atoms with Crippen molar-refractivity contribution in [2.45, 2.75) is 56.3 Å². The van der Waals surface area contributed by atoms with Crippen molar-refractivity contribution in [3.63, 3.8) is 0 Å². The van der Waals surface area contributed by atoms with Crippen LogP contribution in [-0.2, 0) is 10.0 Å². The summed E-state index contributed by atoms with van der Waals surface area (Å²) in [6, 6.07) is 12.5. The summed E-state index contributed by atoms with van der Waals surface area (Å²) in [5, 5.41) is 6.25. The average Bonchev–Trinajstić information content (AvgIpc) is 2.88. The maximum Gasteiger partial charge on any atom is 0.261 e. The van der Waals surface area contributed by atoms with E-state index in [0.29, 0.717) is 23.7 Å². The molecule has 0 radical (unpaired) electrons. The zero-order valence-electron chi connectivity index (χ0n) is 20.0. The van der Waals surface area contributed by atoms with Crippen molar-refractivity contribution in [1.29, 1.82) is 0 Å². The molecule has 3 N–H and O–H groups in total. The standard InChI is InChI=1S/C26H36N4O3S/c1-2-14-28-26(31)24-19-22(10-13-25(24)30-17-15-27-16-18-30)29-34(32,33)23-11-8-21(9-12-23)20-6-4-3-5-7-20/h8-13,19-20,27,29H,2-7,14-18H2,1H3,(H,28,31). The topological polar surface area (TPSA) is 90.5 Å². The van der Waals surface area contributed by atoms with Gasteiger partial charge in [0.1, 0.15) is 0 Å². The lowest BCUT2D eigenvalue weighted by atomic mass is 9.84. The summed E-state index contributed by atoms with van der Waals surface area (Å²) in [5.74, 6) is 0.341. The molecular formula is C26H36N4O3S. The van der Waals surface area contributed by atoms with E-state index in [-0.39, 0.29) is 10.8 Å². The molecule has 0 atom stereocenters. The third kappa shape index (κ3) is 5.91. The number of nitrogens with zero attached hydrogens (tertiary/aromatic N) is 1. The number of carbonyl (C=O) groups excluding carboxylic acids is 1. The lowest BCUT2D eigenvalue weighted by Gasteiger charge is -2.31. The Labute approximate surface area is 203 Å². The molecule has 34 heavy (non-hydrogen) atoms. The number of sulfonamides is 1. The molecule has 8 heteroatoms. The van der Waals surface area contributed by atoms with Crippen molar-refractivity contribution >= 4 is 27.3 Å². The Balaban J connectivity index is 1.55. The molecule has 2 aromatic rings. The van der Waals surface area contributed by atoms with E-state index >= 15 is 0 Å². The van der Waals surface area contributed by atoms with Crippen LogP contribution in [0.25, 0.3) is 0 Å². The fourth-order valence-electron chi connectivity index (χ4n) is 4.87. The second kappa shape index (κ2) is 11.2. The van der Waals surface area contributed by atoms with Gasteiger partial charge >= 0.3 is 0 Å². The fraction of sp³-hybridized carbons (Fsp3) is 0.500. The van der Waals surface area contributed by atoms with E-state index in [1.165, 1.54) is 37.7 Å². The first-order chi connectivity index (χ1) is 16.5. The maximum absolute atomic E-state index is 13.1. The third-order valence-corrected chi connectivity index (χ3v) is 8.15. The van der Waals surface area contributed by atoms with Gasteiger partial charge in [0.25, 0.3) is 15.9 Å². The van der Waals surface area contributed by atoms with E-state index in [2.05, 4.69) is 20.3 Å². The van der Waals surface area contributed by atoms with Crippen LogP contribution >= 0.6 is 0 Å². The first kappa shape index (κ1) is 24.5. The molecule has 2 aromatic carbocycles. The van der Waals surface area contributed by atoms with Crippen LogP contribution in [0, 0.1) is 0 Å². The molecule has 4 rings (SSSR count). The highest BCUT2D eigenvalue weighted by molar-refractivity contribution is 7.92. The van der Waals surface area contributed by atoms with Gasteiger partial charge < -0.3 is 15.5 Å². The second-order valence-corrected chi connectivity index (χ2v) is 10.9. The monoisotopic (exact) mass is 484 g/mol. The first-order valence-electron chi connectivity index (χ1n) is 12.5. The van der Waals surface area contributed by atoms with Crippen LogP contribution in [0.3, 0.4) is 0 Å². The van der Waals surface area contributed by atoms with Gasteiger partial charge in [0.15, 0.2) is 0 Å². The predicted molar refractivity (Wildman–Crippen MR) is 137 cm³/mol. The Bertz CT molecular complexity index is 1070. The van der Waals surface area contributed by atoms with Crippen LogP contribution in [0.4, 0.5) is 11.4 Å². The molecule has 0 aromatic heterocycles. The van der Waals surface area contributed by atoms with Crippen LogP contribution in [0.15, 0.2) is 47.4 Å². The first-order valence-corrected chi connectivity index (χ1v) is 14.0. The molecule has 1 aliphatic heterocycles. The minimum absolute atomic E-state index is 0.187. The zero-order chi connectivity index (χ0) is 24.0. The summed E-state index contributed by atoms with van der Waals surface area (Å²) >= 11 is 0. The number of benzene rings is 2. The van der Waals surface area contributed by atoms with E-state index < -0.39 is 10.0 Å². The Kier molecular flexibility index (Phi) is 8.11. The molecule has 2 fully saturated rings. The van der Waals surface area contributed by atoms with E-state index in [4.69, 9.17) is 0 Å². The highest BCUT2D eigenvalue weighted by Crippen LogP contribution is 2.33. The van der Waals surface area contributed by atoms with Crippen LogP contribution in [0.2, 0.25) is 0 Å². The Morgan fingerprint density at radius 1 is 1.03 bits per heavy atom. The number of nitrogens with one attached hydrogen (secondary N) is 3. The molecule has 1 amide bonds. The van der Waals surface area contributed by atoms with Crippen LogP contribution < -0.4 is 20.3 Å². The molecular weight excluding hydrogens is 448 g/mol. The van der Waals surface area contributed by atoms with Gasteiger partial charge in [-0.3, -0.25) is 9.52 Å². The number of rotatable bonds is 8. The SMILES string of the molecule is CCCNC(=O)c1cc(NS(=O)(=O)c2ccc(C3CCCCC3)cc2)ccc1N1CCNCC1. The zero-order valence-corrected chi connectivity index (χ0v) is 20.8. The van der Waals surface area contributed by atoms with Gasteiger partial charge in [-0.25, -0.2) is 8.42 Å². The number of carbonyl (C=O) groups is 1. The Morgan fingerprint density at radius 2 is 1.74 bits per heavy atom. The molecule has 0 unspecified atom stereocenters. The maximum atomic E-state index is 13.1. The molecule has 1 saturated heterocycles. The normalized spacial score (nSPS) is 17.4. The van der Waals surface area contributed by atoms with Gasteiger partial charge in [-0.05, 0) is 61.1 Å². The molecule has 1 aliphatic carbocycles. The smallest absolute Gasteiger partial charge is 0.261 e. The van der Waals surface area contributed by atoms with Gasteiger partial charge in [-0.1, -0.05) is 38.3 Å². The van der Waals surface area contributed by atoms with Crippen molar-refractivity contribution < 1.29 is 13.2 Å². The van der Waals surface area contributed by atoms with E-state index in [1.807, 2.05) is 25.1 Å². The number of hydrogen-bond donors (Lipinski definition) is 3. The summed E-state index contributed by atoms with van der Waals surface area (Å²) in [4.78, 5) is 15.3. The van der Waals surface area contributed by atoms with Gasteiger partial charge in [-0.15, -0.1) is 0 Å². The molecule has 0 spiro atoms. The van der Waals surface area contributed by atoms with Crippen LogP contribution in [0.5, 0.6) is 0 Å².